The van der Waals surface area contributed by atoms with Crippen LogP contribution in [0.4, 0.5) is 5.69 Å². The molecule has 0 radical (unpaired) electrons. The number of benzene rings is 1. The number of nitrogens with zero attached hydrogens (tertiary/aromatic N) is 2. The summed E-state index contributed by atoms with van der Waals surface area (Å²) < 4.78 is 0.995. The molecule has 110 valence electrons. The lowest BCUT2D eigenvalue weighted by molar-refractivity contribution is -0.120. The minimum Gasteiger partial charge on any atom is -0.324 e. The molecule has 5 heteroatoms. The Balaban J connectivity index is 2.24. The number of hydrogen-bond donors (Lipinski definition) is 1. The molecule has 21 heavy (non-hydrogen) atoms. The Morgan fingerprint density at radius 3 is 2.67 bits per heavy atom. The molecule has 0 bridgehead atoms. The van der Waals surface area contributed by atoms with Crippen molar-refractivity contribution in [2.75, 3.05) is 19.4 Å². The van der Waals surface area contributed by atoms with E-state index in [0.29, 0.717) is 0 Å². The number of aromatic nitrogens is 1. The Hall–Kier alpha value is -1.72. The first-order valence-corrected chi connectivity index (χ1v) is 7.41. The van der Waals surface area contributed by atoms with E-state index in [4.69, 9.17) is 0 Å². The third-order valence-corrected chi connectivity index (χ3v) is 3.70. The van der Waals surface area contributed by atoms with Gasteiger partial charge in [-0.05, 0) is 56.4 Å². The molecule has 0 spiro atoms. The van der Waals surface area contributed by atoms with Crippen LogP contribution >= 0.6 is 15.9 Å². The first kappa shape index (κ1) is 15.7. The van der Waals surface area contributed by atoms with Crippen molar-refractivity contribution in [2.45, 2.75) is 13.0 Å². The van der Waals surface area contributed by atoms with E-state index in [9.17, 15) is 4.79 Å². The lowest BCUT2D eigenvalue weighted by Crippen LogP contribution is -2.32. The van der Waals surface area contributed by atoms with E-state index in [-0.39, 0.29) is 11.9 Å². The summed E-state index contributed by atoms with van der Waals surface area (Å²) in [5.74, 6) is -0.0709. The highest BCUT2D eigenvalue weighted by Gasteiger charge is 2.23. The number of likely N-dealkylation sites (N-methyl/N-ethyl adjacent to an activating group) is 1. The molecule has 0 aliphatic heterocycles. The van der Waals surface area contributed by atoms with E-state index in [2.05, 4.69) is 26.2 Å². The third kappa shape index (κ3) is 3.89. The Kier molecular flexibility index (Phi) is 5.09. The van der Waals surface area contributed by atoms with Gasteiger partial charge in [-0.3, -0.25) is 14.7 Å². The predicted molar refractivity (Wildman–Crippen MR) is 88.2 cm³/mol. The van der Waals surface area contributed by atoms with Crippen LogP contribution in [0.5, 0.6) is 0 Å². The van der Waals surface area contributed by atoms with Crippen molar-refractivity contribution in [3.8, 4) is 0 Å². The van der Waals surface area contributed by atoms with Gasteiger partial charge in [0.05, 0.1) is 0 Å². The maximum Gasteiger partial charge on any atom is 0.246 e. The zero-order valence-electron chi connectivity index (χ0n) is 12.3. The quantitative estimate of drug-likeness (QED) is 0.921. The van der Waals surface area contributed by atoms with Crippen LogP contribution in [-0.2, 0) is 4.79 Å². The molecular weight excluding hydrogens is 330 g/mol. The van der Waals surface area contributed by atoms with Crippen LogP contribution in [-0.4, -0.2) is 29.9 Å². The highest BCUT2D eigenvalue weighted by atomic mass is 79.9. The number of rotatable bonds is 4. The van der Waals surface area contributed by atoms with Gasteiger partial charge in [-0.1, -0.05) is 22.0 Å². The van der Waals surface area contributed by atoms with Crippen LogP contribution in [0.1, 0.15) is 17.2 Å². The molecule has 2 aromatic rings. The molecule has 2 rings (SSSR count). The molecule has 4 nitrogen and oxygen atoms in total. The molecule has 0 saturated carbocycles. The average molecular weight is 348 g/mol. The number of carbonyl (C=O) groups is 1. The van der Waals surface area contributed by atoms with E-state index in [1.54, 1.807) is 12.4 Å². The van der Waals surface area contributed by atoms with Gasteiger partial charge >= 0.3 is 0 Å². The molecular formula is C16H18BrN3O. The van der Waals surface area contributed by atoms with E-state index < -0.39 is 0 Å². The van der Waals surface area contributed by atoms with Crippen molar-refractivity contribution in [1.82, 2.24) is 9.88 Å². The number of anilines is 1. The first-order chi connectivity index (χ1) is 9.99. The van der Waals surface area contributed by atoms with Crippen molar-refractivity contribution in [1.29, 1.82) is 0 Å². The van der Waals surface area contributed by atoms with Crippen molar-refractivity contribution in [3.63, 3.8) is 0 Å². The van der Waals surface area contributed by atoms with Gasteiger partial charge in [0.15, 0.2) is 0 Å². The normalized spacial score (nSPS) is 12.2. The van der Waals surface area contributed by atoms with Crippen molar-refractivity contribution >= 4 is 27.5 Å². The van der Waals surface area contributed by atoms with Crippen LogP contribution in [0, 0.1) is 6.92 Å². The van der Waals surface area contributed by atoms with E-state index in [0.717, 1.165) is 21.3 Å². The molecule has 1 atom stereocenters. The standard InChI is InChI=1S/C16H18BrN3O/c1-11-9-13(17)6-7-14(11)19-16(21)15(20(2)3)12-5-4-8-18-10-12/h4-10,15H,1-3H3,(H,19,21). The van der Waals surface area contributed by atoms with Crippen LogP contribution in [0.15, 0.2) is 47.2 Å². The number of carbonyl (C=O) groups excluding carboxylic acids is 1. The highest BCUT2D eigenvalue weighted by Crippen LogP contribution is 2.23. The number of pyridine rings is 1. The molecule has 1 heterocycles. The number of nitrogens with one attached hydrogen (secondary N) is 1. The second kappa shape index (κ2) is 6.83. The molecule has 0 aliphatic carbocycles. The summed E-state index contributed by atoms with van der Waals surface area (Å²) in [6, 6.07) is 9.16. The predicted octanol–water partition coefficient (Wildman–Crippen LogP) is 3.39. The summed E-state index contributed by atoms with van der Waals surface area (Å²) >= 11 is 3.42. The van der Waals surface area contributed by atoms with Gasteiger partial charge in [0, 0.05) is 22.6 Å². The lowest BCUT2D eigenvalue weighted by atomic mass is 10.1. The zero-order valence-corrected chi connectivity index (χ0v) is 13.9. The van der Waals surface area contributed by atoms with Crippen molar-refractivity contribution in [2.24, 2.45) is 0 Å². The molecule has 0 fully saturated rings. The maximum absolute atomic E-state index is 12.6. The number of aryl methyl sites for hydroxylation is 1. The smallest absolute Gasteiger partial charge is 0.246 e. The summed E-state index contributed by atoms with van der Waals surface area (Å²) in [7, 11) is 3.76. The number of hydrogen-bond acceptors (Lipinski definition) is 3. The van der Waals surface area contributed by atoms with Gasteiger partial charge in [-0.2, -0.15) is 0 Å². The van der Waals surface area contributed by atoms with Crippen LogP contribution in [0.25, 0.3) is 0 Å². The lowest BCUT2D eigenvalue weighted by Gasteiger charge is -2.24. The fourth-order valence-corrected chi connectivity index (χ4v) is 2.67. The molecule has 1 unspecified atom stereocenters. The van der Waals surface area contributed by atoms with Crippen molar-refractivity contribution in [3.05, 3.63) is 58.3 Å². The summed E-state index contributed by atoms with van der Waals surface area (Å²) in [4.78, 5) is 18.6. The van der Waals surface area contributed by atoms with E-state index in [1.165, 1.54) is 0 Å². The molecule has 1 aromatic heterocycles. The number of amides is 1. The highest BCUT2D eigenvalue weighted by molar-refractivity contribution is 9.10. The molecule has 1 N–H and O–H groups in total. The summed E-state index contributed by atoms with van der Waals surface area (Å²) in [6.07, 6.45) is 3.42. The van der Waals surface area contributed by atoms with Gasteiger partial charge < -0.3 is 5.32 Å². The van der Waals surface area contributed by atoms with Crippen LogP contribution in [0.2, 0.25) is 0 Å². The Bertz CT molecular complexity index is 629. The topological polar surface area (TPSA) is 45.2 Å². The average Bonchev–Trinajstić information content (AvgIpc) is 2.43. The summed E-state index contributed by atoms with van der Waals surface area (Å²) in [5.41, 5.74) is 2.70. The van der Waals surface area contributed by atoms with E-state index in [1.807, 2.05) is 56.3 Å². The SMILES string of the molecule is Cc1cc(Br)ccc1NC(=O)C(c1cccnc1)N(C)C. The van der Waals surface area contributed by atoms with Crippen LogP contribution in [0.3, 0.4) is 0 Å². The molecule has 1 amide bonds. The largest absolute Gasteiger partial charge is 0.324 e. The number of halogens is 1. The van der Waals surface area contributed by atoms with Crippen LogP contribution < -0.4 is 5.32 Å². The Morgan fingerprint density at radius 2 is 2.10 bits per heavy atom. The monoisotopic (exact) mass is 347 g/mol. The first-order valence-electron chi connectivity index (χ1n) is 6.62. The minimum absolute atomic E-state index is 0.0709. The maximum atomic E-state index is 12.6. The third-order valence-electron chi connectivity index (χ3n) is 3.21. The zero-order chi connectivity index (χ0) is 15.4. The Labute approximate surface area is 133 Å². The second-order valence-corrected chi connectivity index (χ2v) is 6.02. The Morgan fingerprint density at radius 1 is 1.33 bits per heavy atom. The fourth-order valence-electron chi connectivity index (χ4n) is 2.19. The fraction of sp³-hybridized carbons (Fsp3) is 0.250. The molecule has 1 aromatic carbocycles. The van der Waals surface area contributed by atoms with Gasteiger partial charge in [-0.25, -0.2) is 0 Å². The van der Waals surface area contributed by atoms with E-state index >= 15 is 0 Å². The van der Waals surface area contributed by atoms with Gasteiger partial charge in [0.25, 0.3) is 0 Å². The summed E-state index contributed by atoms with van der Waals surface area (Å²) in [5, 5.41) is 2.99. The van der Waals surface area contributed by atoms with Gasteiger partial charge in [0.2, 0.25) is 5.91 Å². The molecule has 0 saturated heterocycles. The van der Waals surface area contributed by atoms with Gasteiger partial charge in [-0.15, -0.1) is 0 Å². The van der Waals surface area contributed by atoms with Gasteiger partial charge in [0.1, 0.15) is 6.04 Å². The summed E-state index contributed by atoms with van der Waals surface area (Å²) in [6.45, 7) is 1.97. The molecule has 0 aliphatic rings. The second-order valence-electron chi connectivity index (χ2n) is 5.10. The van der Waals surface area contributed by atoms with Crippen molar-refractivity contribution < 1.29 is 4.79 Å². The minimum atomic E-state index is -0.373.